The van der Waals surface area contributed by atoms with Gasteiger partial charge in [0, 0.05) is 18.0 Å². The zero-order chi connectivity index (χ0) is 24.6. The number of aliphatic hydroxyl groups is 3. The summed E-state index contributed by atoms with van der Waals surface area (Å²) in [6.07, 6.45) is 14.7. The lowest BCUT2D eigenvalue weighted by Crippen LogP contribution is -2.20. The van der Waals surface area contributed by atoms with E-state index < -0.39 is 24.4 Å². The minimum absolute atomic E-state index is 0.0260. The maximum absolute atomic E-state index is 11.7. The molecule has 1 aliphatic carbocycles. The molecule has 0 aromatic heterocycles. The standard InChI is InChI=1S/C28H43NO5/c1-2-3-9-16-23(30)18-19-25-24(26(31)21-27(25)32)17-12-6-4-5-7-13-20-34-28(33)29-22-14-10-8-11-15-22/h6,8,10-12,14-15,18-19,23-27,30-32H,2-5,7,9,13,16-17,20-21H2,1H3,(H,29,33)/t23-,24+,25+,26-,27+/m0/s1. The highest BCUT2D eigenvalue weighted by Crippen LogP contribution is 2.36. The van der Waals surface area contributed by atoms with Gasteiger partial charge in [0.1, 0.15) is 0 Å². The first-order chi connectivity index (χ1) is 16.5. The van der Waals surface area contributed by atoms with Gasteiger partial charge in [0.25, 0.3) is 0 Å². The Morgan fingerprint density at radius 3 is 2.65 bits per heavy atom. The fourth-order valence-corrected chi connectivity index (χ4v) is 4.42. The van der Waals surface area contributed by atoms with Crippen LogP contribution in [0.5, 0.6) is 0 Å². The van der Waals surface area contributed by atoms with Gasteiger partial charge in [-0.3, -0.25) is 5.32 Å². The van der Waals surface area contributed by atoms with E-state index in [1.807, 2.05) is 36.4 Å². The number of anilines is 1. The normalized spacial score (nSPS) is 23.5. The maximum Gasteiger partial charge on any atom is 0.411 e. The fourth-order valence-electron chi connectivity index (χ4n) is 4.42. The summed E-state index contributed by atoms with van der Waals surface area (Å²) in [7, 11) is 0. The predicted octanol–water partition coefficient (Wildman–Crippen LogP) is 5.60. The van der Waals surface area contributed by atoms with Gasteiger partial charge in [0.15, 0.2) is 0 Å². The van der Waals surface area contributed by atoms with Gasteiger partial charge in [-0.05, 0) is 56.6 Å². The van der Waals surface area contributed by atoms with Crippen molar-refractivity contribution in [1.82, 2.24) is 0 Å². The highest BCUT2D eigenvalue weighted by atomic mass is 16.5. The number of carbonyl (C=O) groups is 1. The highest BCUT2D eigenvalue weighted by Gasteiger charge is 2.39. The molecular formula is C28H43NO5. The summed E-state index contributed by atoms with van der Waals surface area (Å²) >= 11 is 0. The van der Waals surface area contributed by atoms with E-state index in [1.165, 1.54) is 0 Å². The second-order valence-corrected chi connectivity index (χ2v) is 9.24. The van der Waals surface area contributed by atoms with Crippen LogP contribution < -0.4 is 5.32 Å². The Labute approximate surface area is 204 Å². The molecule has 0 unspecified atom stereocenters. The van der Waals surface area contributed by atoms with E-state index in [0.717, 1.165) is 57.1 Å². The molecule has 1 amide bonds. The molecular weight excluding hydrogens is 430 g/mol. The van der Waals surface area contributed by atoms with E-state index in [1.54, 1.807) is 6.08 Å². The van der Waals surface area contributed by atoms with Crippen LogP contribution in [0.15, 0.2) is 54.6 Å². The van der Waals surface area contributed by atoms with Gasteiger partial charge in [-0.1, -0.05) is 68.7 Å². The Kier molecular flexibility index (Phi) is 13.6. The molecule has 0 bridgehead atoms. The van der Waals surface area contributed by atoms with E-state index in [9.17, 15) is 20.1 Å². The quantitative estimate of drug-likeness (QED) is 0.196. The lowest BCUT2D eigenvalue weighted by molar-refractivity contribution is 0.120. The Hall–Kier alpha value is -2.15. The van der Waals surface area contributed by atoms with Crippen molar-refractivity contribution in [3.05, 3.63) is 54.6 Å². The number of allylic oxidation sites excluding steroid dienone is 2. The Balaban J connectivity index is 1.59. The Bertz CT molecular complexity index is 736. The van der Waals surface area contributed by atoms with Gasteiger partial charge in [-0.2, -0.15) is 0 Å². The summed E-state index contributed by atoms with van der Waals surface area (Å²) in [6.45, 7) is 2.53. The molecule has 2 rings (SSSR count). The molecule has 1 aliphatic rings. The van der Waals surface area contributed by atoms with E-state index in [4.69, 9.17) is 4.74 Å². The molecule has 34 heavy (non-hydrogen) atoms. The number of unbranched alkanes of at least 4 members (excludes halogenated alkanes) is 5. The first-order valence-corrected chi connectivity index (χ1v) is 12.9. The highest BCUT2D eigenvalue weighted by molar-refractivity contribution is 5.84. The molecule has 0 radical (unpaired) electrons. The van der Waals surface area contributed by atoms with Crippen LogP contribution in [0.3, 0.4) is 0 Å². The summed E-state index contributed by atoms with van der Waals surface area (Å²) in [5.74, 6) is -0.151. The van der Waals surface area contributed by atoms with Crippen LogP contribution in [-0.4, -0.2) is 46.3 Å². The zero-order valence-electron chi connectivity index (χ0n) is 20.5. The molecule has 1 saturated carbocycles. The number of aliphatic hydroxyl groups excluding tert-OH is 3. The number of hydrogen-bond acceptors (Lipinski definition) is 5. The molecule has 1 fully saturated rings. The van der Waals surface area contributed by atoms with Crippen molar-refractivity contribution in [2.75, 3.05) is 11.9 Å². The largest absolute Gasteiger partial charge is 0.449 e. The number of ether oxygens (including phenoxy) is 1. The monoisotopic (exact) mass is 473 g/mol. The lowest BCUT2D eigenvalue weighted by Gasteiger charge is -2.19. The maximum atomic E-state index is 11.7. The summed E-state index contributed by atoms with van der Waals surface area (Å²) in [5, 5.41) is 33.5. The van der Waals surface area contributed by atoms with Crippen molar-refractivity contribution in [1.29, 1.82) is 0 Å². The lowest BCUT2D eigenvalue weighted by atomic mass is 9.89. The van der Waals surface area contributed by atoms with E-state index >= 15 is 0 Å². The van der Waals surface area contributed by atoms with Crippen molar-refractivity contribution >= 4 is 11.8 Å². The van der Waals surface area contributed by atoms with Gasteiger partial charge in [-0.15, -0.1) is 0 Å². The van der Waals surface area contributed by atoms with Gasteiger partial charge in [0.05, 0.1) is 24.9 Å². The number of para-hydroxylation sites is 1. The predicted molar refractivity (Wildman–Crippen MR) is 137 cm³/mol. The van der Waals surface area contributed by atoms with Crippen molar-refractivity contribution in [3.8, 4) is 0 Å². The molecule has 0 aliphatic heterocycles. The fraction of sp³-hybridized carbons (Fsp3) is 0.607. The van der Waals surface area contributed by atoms with Crippen LogP contribution in [0.2, 0.25) is 0 Å². The summed E-state index contributed by atoms with van der Waals surface area (Å²) in [5.41, 5.74) is 0.721. The molecule has 6 nitrogen and oxygen atoms in total. The number of carbonyl (C=O) groups excluding carboxylic acids is 1. The molecule has 190 valence electrons. The molecule has 5 atom stereocenters. The number of hydrogen-bond donors (Lipinski definition) is 4. The van der Waals surface area contributed by atoms with Crippen LogP contribution in [0, 0.1) is 11.8 Å². The number of rotatable bonds is 15. The SMILES string of the molecule is CCCCC[C@H](O)C=C[C@@H]1[C@@H](CC=CCCCCCOC(=O)Nc2ccccc2)[C@@H](O)C[C@H]1O. The third kappa shape index (κ3) is 10.9. The summed E-state index contributed by atoms with van der Waals surface area (Å²) in [6, 6.07) is 9.23. The molecule has 1 aromatic carbocycles. The summed E-state index contributed by atoms with van der Waals surface area (Å²) < 4.78 is 5.20. The average molecular weight is 474 g/mol. The number of amides is 1. The Morgan fingerprint density at radius 2 is 1.88 bits per heavy atom. The minimum Gasteiger partial charge on any atom is -0.449 e. The van der Waals surface area contributed by atoms with Gasteiger partial charge in [0.2, 0.25) is 0 Å². The van der Waals surface area contributed by atoms with E-state index in [-0.39, 0.29) is 11.8 Å². The molecule has 4 N–H and O–H groups in total. The van der Waals surface area contributed by atoms with Gasteiger partial charge >= 0.3 is 6.09 Å². The van der Waals surface area contributed by atoms with E-state index in [2.05, 4.69) is 24.4 Å². The first kappa shape index (κ1) is 28.1. The molecule has 6 heteroatoms. The van der Waals surface area contributed by atoms with Crippen LogP contribution in [0.4, 0.5) is 10.5 Å². The second-order valence-electron chi connectivity index (χ2n) is 9.24. The third-order valence-corrected chi connectivity index (χ3v) is 6.42. The van der Waals surface area contributed by atoms with Crippen LogP contribution in [0.1, 0.15) is 71.1 Å². The van der Waals surface area contributed by atoms with Crippen LogP contribution in [-0.2, 0) is 4.74 Å². The van der Waals surface area contributed by atoms with Crippen LogP contribution >= 0.6 is 0 Å². The molecule has 1 aromatic rings. The van der Waals surface area contributed by atoms with Gasteiger partial charge < -0.3 is 20.1 Å². The molecule has 0 heterocycles. The summed E-state index contributed by atoms with van der Waals surface area (Å²) in [4.78, 5) is 11.7. The average Bonchev–Trinajstić information content (AvgIpc) is 3.09. The third-order valence-electron chi connectivity index (χ3n) is 6.42. The molecule has 0 saturated heterocycles. The minimum atomic E-state index is -0.563. The molecule has 0 spiro atoms. The smallest absolute Gasteiger partial charge is 0.411 e. The Morgan fingerprint density at radius 1 is 1.09 bits per heavy atom. The van der Waals surface area contributed by atoms with Crippen molar-refractivity contribution in [2.45, 2.75) is 89.4 Å². The topological polar surface area (TPSA) is 99.0 Å². The first-order valence-electron chi connectivity index (χ1n) is 12.9. The number of nitrogens with one attached hydrogen (secondary N) is 1. The number of benzene rings is 1. The van der Waals surface area contributed by atoms with Crippen LogP contribution in [0.25, 0.3) is 0 Å². The van der Waals surface area contributed by atoms with Gasteiger partial charge in [-0.25, -0.2) is 4.79 Å². The second kappa shape index (κ2) is 16.5. The van der Waals surface area contributed by atoms with E-state index in [0.29, 0.717) is 19.4 Å². The zero-order valence-corrected chi connectivity index (χ0v) is 20.5. The van der Waals surface area contributed by atoms with Crippen molar-refractivity contribution in [2.24, 2.45) is 11.8 Å². The van der Waals surface area contributed by atoms with Crippen molar-refractivity contribution < 1.29 is 24.9 Å². The van der Waals surface area contributed by atoms with Crippen molar-refractivity contribution in [3.63, 3.8) is 0 Å².